The van der Waals surface area contributed by atoms with Gasteiger partial charge < -0.3 is 10.4 Å². The van der Waals surface area contributed by atoms with E-state index in [0.29, 0.717) is 0 Å². The summed E-state index contributed by atoms with van der Waals surface area (Å²) in [6, 6.07) is 3.62. The van der Waals surface area contributed by atoms with Crippen LogP contribution in [0, 0.1) is 0 Å². The van der Waals surface area contributed by atoms with E-state index < -0.39 is 19.1 Å². The summed E-state index contributed by atoms with van der Waals surface area (Å²) in [5.74, 6) is -3.05. The fraction of sp³-hybridized carbons (Fsp3) is 0.556. The SMILES string of the molecule is CC(NCC(F)(F)CO)c1ccc(Br)s1. The second-order valence-corrected chi connectivity index (χ2v) is 5.75. The van der Waals surface area contributed by atoms with Gasteiger partial charge in [0, 0.05) is 10.9 Å². The van der Waals surface area contributed by atoms with Gasteiger partial charge in [0.15, 0.2) is 0 Å². The summed E-state index contributed by atoms with van der Waals surface area (Å²) in [4.78, 5) is 0.982. The fourth-order valence-electron chi connectivity index (χ4n) is 1.02. The van der Waals surface area contributed by atoms with Crippen LogP contribution in [0.15, 0.2) is 15.9 Å². The number of nitrogens with one attached hydrogen (secondary N) is 1. The lowest BCUT2D eigenvalue weighted by Gasteiger charge is -2.17. The molecule has 1 rings (SSSR count). The van der Waals surface area contributed by atoms with Gasteiger partial charge in [0.2, 0.25) is 0 Å². The lowest BCUT2D eigenvalue weighted by Crippen LogP contribution is -2.36. The van der Waals surface area contributed by atoms with Gasteiger partial charge in [0.05, 0.1) is 10.3 Å². The Morgan fingerprint density at radius 2 is 2.27 bits per heavy atom. The summed E-state index contributed by atoms with van der Waals surface area (Å²) in [7, 11) is 0. The van der Waals surface area contributed by atoms with Gasteiger partial charge in [-0.15, -0.1) is 11.3 Å². The van der Waals surface area contributed by atoms with E-state index in [2.05, 4.69) is 21.2 Å². The number of aliphatic hydroxyl groups excluding tert-OH is 1. The van der Waals surface area contributed by atoms with Crippen molar-refractivity contribution >= 4 is 27.3 Å². The van der Waals surface area contributed by atoms with E-state index in [1.807, 2.05) is 19.1 Å². The number of aliphatic hydroxyl groups is 1. The third-order valence-corrected chi connectivity index (χ3v) is 3.73. The zero-order valence-corrected chi connectivity index (χ0v) is 10.5. The Hall–Kier alpha value is -0.0400. The molecule has 0 aliphatic heterocycles. The molecule has 86 valence electrons. The minimum Gasteiger partial charge on any atom is -0.390 e. The fourth-order valence-corrected chi connectivity index (χ4v) is 2.47. The first-order valence-electron chi connectivity index (χ1n) is 4.42. The van der Waals surface area contributed by atoms with Gasteiger partial charge in [-0.25, -0.2) is 8.78 Å². The maximum Gasteiger partial charge on any atom is 0.282 e. The highest BCUT2D eigenvalue weighted by molar-refractivity contribution is 9.11. The average molecular weight is 300 g/mol. The van der Waals surface area contributed by atoms with Crippen molar-refractivity contribution in [3.05, 3.63) is 20.8 Å². The third-order valence-electron chi connectivity index (χ3n) is 1.92. The smallest absolute Gasteiger partial charge is 0.282 e. The number of halogens is 3. The molecule has 0 aliphatic carbocycles. The molecule has 1 aromatic rings. The van der Waals surface area contributed by atoms with Gasteiger partial charge in [-0.05, 0) is 35.0 Å². The van der Waals surface area contributed by atoms with Crippen molar-refractivity contribution < 1.29 is 13.9 Å². The van der Waals surface area contributed by atoms with Crippen LogP contribution in [-0.4, -0.2) is 24.2 Å². The number of hydrogen-bond acceptors (Lipinski definition) is 3. The Morgan fingerprint density at radius 3 is 2.73 bits per heavy atom. The molecular formula is C9H12BrF2NOS. The molecule has 6 heteroatoms. The Kier molecular flexibility index (Phi) is 4.64. The highest BCUT2D eigenvalue weighted by Crippen LogP contribution is 2.27. The first-order chi connectivity index (χ1) is 6.94. The molecule has 1 unspecified atom stereocenters. The normalized spacial score (nSPS) is 14.2. The van der Waals surface area contributed by atoms with Crippen LogP contribution in [-0.2, 0) is 0 Å². The van der Waals surface area contributed by atoms with E-state index in [0.717, 1.165) is 8.66 Å². The molecule has 0 bridgehead atoms. The van der Waals surface area contributed by atoms with E-state index in [4.69, 9.17) is 5.11 Å². The van der Waals surface area contributed by atoms with Crippen molar-refractivity contribution in [3.8, 4) is 0 Å². The van der Waals surface area contributed by atoms with Crippen molar-refractivity contribution in [1.29, 1.82) is 0 Å². The first-order valence-corrected chi connectivity index (χ1v) is 6.03. The Bertz CT molecular complexity index is 319. The van der Waals surface area contributed by atoms with Gasteiger partial charge in [-0.3, -0.25) is 0 Å². The molecule has 0 radical (unpaired) electrons. The maximum absolute atomic E-state index is 12.7. The number of thiophene rings is 1. The summed E-state index contributed by atoms with van der Waals surface area (Å²) in [5, 5.41) is 11.1. The second-order valence-electron chi connectivity index (χ2n) is 3.26. The number of rotatable bonds is 5. The largest absolute Gasteiger partial charge is 0.390 e. The van der Waals surface area contributed by atoms with Crippen molar-refractivity contribution in [2.45, 2.75) is 18.9 Å². The minimum atomic E-state index is -3.05. The molecule has 1 heterocycles. The van der Waals surface area contributed by atoms with Crippen LogP contribution in [0.3, 0.4) is 0 Å². The van der Waals surface area contributed by atoms with Crippen molar-refractivity contribution in [3.63, 3.8) is 0 Å². The summed E-state index contributed by atoms with van der Waals surface area (Å²) in [5.41, 5.74) is 0. The molecule has 0 spiro atoms. The van der Waals surface area contributed by atoms with Crippen molar-refractivity contribution in [2.75, 3.05) is 13.2 Å². The van der Waals surface area contributed by atoms with Crippen LogP contribution in [0.4, 0.5) is 8.78 Å². The molecule has 0 amide bonds. The molecular weight excluding hydrogens is 288 g/mol. The van der Waals surface area contributed by atoms with Gasteiger partial charge >= 0.3 is 0 Å². The standard InChI is InChI=1S/C9H12BrF2NOS/c1-6(7-2-3-8(10)15-7)13-4-9(11,12)5-14/h2-3,6,13-14H,4-5H2,1H3. The highest BCUT2D eigenvalue weighted by Gasteiger charge is 2.28. The minimum absolute atomic E-state index is 0.140. The third kappa shape index (κ3) is 4.14. The van der Waals surface area contributed by atoms with E-state index in [1.165, 1.54) is 11.3 Å². The predicted octanol–water partition coefficient (Wildman–Crippen LogP) is 2.79. The summed E-state index contributed by atoms with van der Waals surface area (Å²) >= 11 is 4.81. The quantitative estimate of drug-likeness (QED) is 0.876. The van der Waals surface area contributed by atoms with Gasteiger partial charge in [0.25, 0.3) is 5.92 Å². The van der Waals surface area contributed by atoms with Gasteiger partial charge in [-0.1, -0.05) is 0 Å². The first kappa shape index (κ1) is 13.0. The zero-order chi connectivity index (χ0) is 11.5. The van der Waals surface area contributed by atoms with Crippen LogP contribution in [0.5, 0.6) is 0 Å². The molecule has 2 nitrogen and oxygen atoms in total. The van der Waals surface area contributed by atoms with Crippen LogP contribution in [0.1, 0.15) is 17.8 Å². The predicted molar refractivity (Wildman–Crippen MR) is 60.5 cm³/mol. The van der Waals surface area contributed by atoms with E-state index in [-0.39, 0.29) is 6.04 Å². The molecule has 0 aliphatic rings. The van der Waals surface area contributed by atoms with E-state index >= 15 is 0 Å². The van der Waals surface area contributed by atoms with Crippen LogP contribution in [0.25, 0.3) is 0 Å². The lowest BCUT2D eigenvalue weighted by atomic mass is 10.2. The maximum atomic E-state index is 12.7. The molecule has 15 heavy (non-hydrogen) atoms. The average Bonchev–Trinajstić information content (AvgIpc) is 2.61. The second kappa shape index (κ2) is 5.34. The molecule has 1 atom stereocenters. The summed E-state index contributed by atoms with van der Waals surface area (Å²) in [6.07, 6.45) is 0. The van der Waals surface area contributed by atoms with Gasteiger partial charge in [-0.2, -0.15) is 0 Å². The summed E-state index contributed by atoms with van der Waals surface area (Å²) in [6.45, 7) is 0.173. The Balaban J connectivity index is 2.46. The van der Waals surface area contributed by atoms with Crippen molar-refractivity contribution in [1.82, 2.24) is 5.32 Å². The molecule has 0 saturated carbocycles. The highest BCUT2D eigenvalue weighted by atomic mass is 79.9. The van der Waals surface area contributed by atoms with Crippen LogP contribution in [0.2, 0.25) is 0 Å². The molecule has 1 aromatic heterocycles. The topological polar surface area (TPSA) is 32.3 Å². The molecule has 2 N–H and O–H groups in total. The number of alkyl halides is 2. The molecule has 0 saturated heterocycles. The molecule has 0 fully saturated rings. The zero-order valence-electron chi connectivity index (χ0n) is 8.14. The van der Waals surface area contributed by atoms with Crippen molar-refractivity contribution in [2.24, 2.45) is 0 Å². The lowest BCUT2D eigenvalue weighted by molar-refractivity contribution is -0.0490. The summed E-state index contributed by atoms with van der Waals surface area (Å²) < 4.78 is 26.4. The van der Waals surface area contributed by atoms with Gasteiger partial charge in [0.1, 0.15) is 6.61 Å². The molecule has 0 aromatic carbocycles. The van der Waals surface area contributed by atoms with E-state index in [1.54, 1.807) is 0 Å². The Morgan fingerprint density at radius 1 is 1.60 bits per heavy atom. The number of hydrogen-bond donors (Lipinski definition) is 2. The van der Waals surface area contributed by atoms with E-state index in [9.17, 15) is 8.78 Å². The Labute approximate surface area is 99.4 Å². The van der Waals surface area contributed by atoms with Crippen LogP contribution < -0.4 is 5.32 Å². The monoisotopic (exact) mass is 299 g/mol. The van der Waals surface area contributed by atoms with Crippen LogP contribution >= 0.6 is 27.3 Å².